The summed E-state index contributed by atoms with van der Waals surface area (Å²) in [5.41, 5.74) is 1.86. The number of anilines is 3. The van der Waals surface area contributed by atoms with Crippen LogP contribution >= 0.6 is 11.8 Å². The second kappa shape index (κ2) is 13.3. The second-order valence-electron chi connectivity index (χ2n) is 9.14. The number of nitrogens with one attached hydrogen (secondary N) is 2. The van der Waals surface area contributed by atoms with E-state index >= 15 is 0 Å². The molecule has 0 aliphatic rings. The van der Waals surface area contributed by atoms with Gasteiger partial charge in [0, 0.05) is 16.3 Å². The maximum atomic E-state index is 13.8. The van der Waals surface area contributed by atoms with E-state index in [9.17, 15) is 21.6 Å². The summed E-state index contributed by atoms with van der Waals surface area (Å²) in [6.45, 7) is 3.39. The van der Waals surface area contributed by atoms with Crippen LogP contribution in [0.3, 0.4) is 0 Å². The summed E-state index contributed by atoms with van der Waals surface area (Å²) in [5.74, 6) is -0.313. The van der Waals surface area contributed by atoms with Gasteiger partial charge in [0.15, 0.2) is 0 Å². The topological polar surface area (TPSA) is 122 Å². The summed E-state index contributed by atoms with van der Waals surface area (Å²) in [5, 5.41) is 2.67. The predicted molar refractivity (Wildman–Crippen MR) is 167 cm³/mol. The zero-order valence-electron chi connectivity index (χ0n) is 23.3. The van der Waals surface area contributed by atoms with Gasteiger partial charge in [-0.2, -0.15) is 0 Å². The van der Waals surface area contributed by atoms with Gasteiger partial charge in [0.1, 0.15) is 12.3 Å². The summed E-state index contributed by atoms with van der Waals surface area (Å²) in [6, 6.07) is 25.6. The number of ether oxygens (including phenoxy) is 1. The summed E-state index contributed by atoms with van der Waals surface area (Å²) in [4.78, 5) is 14.1. The summed E-state index contributed by atoms with van der Waals surface area (Å²) >= 11 is 1.48. The lowest BCUT2D eigenvalue weighted by molar-refractivity contribution is -0.114. The van der Waals surface area contributed by atoms with Crippen molar-refractivity contribution in [2.45, 2.75) is 28.5 Å². The lowest BCUT2D eigenvalue weighted by Gasteiger charge is -2.26. The zero-order chi connectivity index (χ0) is 30.3. The van der Waals surface area contributed by atoms with Gasteiger partial charge >= 0.3 is 0 Å². The number of hydrogen-bond acceptors (Lipinski definition) is 7. The molecule has 0 aromatic heterocycles. The predicted octanol–water partition coefficient (Wildman–Crippen LogP) is 5.75. The second-order valence-corrected chi connectivity index (χ2v) is 13.6. The molecular formula is C30H31N3O6S3. The molecule has 0 aliphatic heterocycles. The average molecular weight is 626 g/mol. The molecule has 0 spiro atoms. The fourth-order valence-corrected chi connectivity index (χ4v) is 6.98. The van der Waals surface area contributed by atoms with Crippen LogP contribution < -0.4 is 19.1 Å². The summed E-state index contributed by atoms with van der Waals surface area (Å²) in [7, 11) is -8.03. The molecule has 0 atom stereocenters. The fraction of sp³-hybridized carbons (Fsp3) is 0.167. The molecule has 0 saturated heterocycles. The van der Waals surface area contributed by atoms with Crippen molar-refractivity contribution < 1.29 is 26.4 Å². The molecule has 4 aromatic carbocycles. The molecule has 4 rings (SSSR count). The first-order chi connectivity index (χ1) is 20.0. The number of rotatable bonds is 12. The number of carbonyl (C=O) groups excluding carboxylic acids is 1. The molecule has 4 aromatic rings. The number of nitrogens with zero attached hydrogens (tertiary/aromatic N) is 1. The van der Waals surface area contributed by atoms with Crippen molar-refractivity contribution in [3.05, 3.63) is 103 Å². The molecule has 0 heterocycles. The number of amides is 1. The minimum Gasteiger partial charge on any atom is -0.492 e. The monoisotopic (exact) mass is 625 g/mol. The molecule has 1 amide bonds. The van der Waals surface area contributed by atoms with Crippen LogP contribution in [-0.2, 0) is 24.8 Å². The third-order valence-electron chi connectivity index (χ3n) is 6.09. The van der Waals surface area contributed by atoms with E-state index in [0.29, 0.717) is 23.7 Å². The van der Waals surface area contributed by atoms with Crippen LogP contribution in [0, 0.1) is 6.92 Å². The minimum atomic E-state index is -4.17. The van der Waals surface area contributed by atoms with Crippen molar-refractivity contribution in [2.24, 2.45) is 0 Å². The largest absolute Gasteiger partial charge is 0.492 e. The molecule has 0 bridgehead atoms. The Bertz CT molecular complexity index is 1760. The Morgan fingerprint density at radius 2 is 1.50 bits per heavy atom. The Morgan fingerprint density at radius 3 is 2.14 bits per heavy atom. The molecular weight excluding hydrogens is 595 g/mol. The first-order valence-corrected chi connectivity index (χ1v) is 17.1. The number of benzene rings is 4. The van der Waals surface area contributed by atoms with Crippen LogP contribution in [-0.4, -0.2) is 42.2 Å². The van der Waals surface area contributed by atoms with Gasteiger partial charge in [-0.25, -0.2) is 16.8 Å². The molecule has 2 N–H and O–H groups in total. The van der Waals surface area contributed by atoms with E-state index in [4.69, 9.17) is 4.74 Å². The highest BCUT2D eigenvalue weighted by molar-refractivity contribution is 7.98. The van der Waals surface area contributed by atoms with E-state index in [2.05, 4.69) is 10.0 Å². The van der Waals surface area contributed by atoms with E-state index < -0.39 is 32.5 Å². The van der Waals surface area contributed by atoms with Gasteiger partial charge in [-0.1, -0.05) is 24.3 Å². The third kappa shape index (κ3) is 7.44. The number of carbonyl (C=O) groups is 1. The van der Waals surface area contributed by atoms with Crippen molar-refractivity contribution in [2.75, 3.05) is 33.8 Å². The molecule has 42 heavy (non-hydrogen) atoms. The Balaban J connectivity index is 1.57. The molecule has 0 fully saturated rings. The van der Waals surface area contributed by atoms with Crippen molar-refractivity contribution in [3.63, 3.8) is 0 Å². The minimum absolute atomic E-state index is 0.00513. The average Bonchev–Trinajstić information content (AvgIpc) is 2.96. The van der Waals surface area contributed by atoms with Gasteiger partial charge in [-0.15, -0.1) is 11.8 Å². The number of aryl methyl sites for hydroxylation is 1. The van der Waals surface area contributed by atoms with Gasteiger partial charge in [0.2, 0.25) is 5.91 Å². The van der Waals surface area contributed by atoms with E-state index in [0.717, 1.165) is 14.8 Å². The number of hydrogen-bond donors (Lipinski definition) is 2. The zero-order valence-corrected chi connectivity index (χ0v) is 25.7. The highest BCUT2D eigenvalue weighted by atomic mass is 32.2. The number of sulfonamides is 2. The maximum Gasteiger partial charge on any atom is 0.264 e. The summed E-state index contributed by atoms with van der Waals surface area (Å²) in [6.07, 6.45) is 1.89. The molecule has 0 aliphatic carbocycles. The molecule has 9 nitrogen and oxygen atoms in total. The lowest BCUT2D eigenvalue weighted by Crippen LogP contribution is -2.38. The summed E-state index contributed by atoms with van der Waals surface area (Å²) < 4.78 is 62.5. The highest BCUT2D eigenvalue weighted by Crippen LogP contribution is 2.33. The van der Waals surface area contributed by atoms with Crippen LogP contribution in [0.4, 0.5) is 17.1 Å². The third-order valence-corrected chi connectivity index (χ3v) is 10.0. The van der Waals surface area contributed by atoms with Gasteiger partial charge in [-0.3, -0.25) is 13.8 Å². The van der Waals surface area contributed by atoms with E-state index in [1.54, 1.807) is 61.5 Å². The van der Waals surface area contributed by atoms with Crippen molar-refractivity contribution >= 4 is 54.8 Å². The molecule has 0 radical (unpaired) electrons. The first kappa shape index (κ1) is 30.9. The number of para-hydroxylation sites is 2. The van der Waals surface area contributed by atoms with Crippen LogP contribution in [0.1, 0.15) is 12.5 Å². The van der Waals surface area contributed by atoms with E-state index in [-0.39, 0.29) is 15.5 Å². The Labute approximate surface area is 251 Å². The molecule has 12 heteroatoms. The quantitative estimate of drug-likeness (QED) is 0.192. The van der Waals surface area contributed by atoms with E-state index in [1.165, 1.54) is 48.2 Å². The Hall–Kier alpha value is -4.00. The van der Waals surface area contributed by atoms with E-state index in [1.807, 2.05) is 19.2 Å². The standard InChI is InChI=1S/C30H31N3O6S3/c1-4-39-29-11-6-5-10-28(29)33(42(37,38)27-18-14-25(40-3)15-19-27)21-30(34)31-23-12-16-26(17-13-23)41(35,36)32-24-9-7-8-22(2)20-24/h5-20,32H,4,21H2,1-3H3,(H,31,34). The molecule has 0 saturated carbocycles. The van der Waals surface area contributed by atoms with Crippen LogP contribution in [0.15, 0.2) is 112 Å². The number of thioether (sulfide) groups is 1. The Kier molecular flexibility index (Phi) is 9.81. The Morgan fingerprint density at radius 1 is 0.833 bits per heavy atom. The van der Waals surface area contributed by atoms with Crippen LogP contribution in [0.2, 0.25) is 0 Å². The van der Waals surface area contributed by atoms with Gasteiger partial charge < -0.3 is 10.1 Å². The van der Waals surface area contributed by atoms with Crippen molar-refractivity contribution in [3.8, 4) is 5.75 Å². The maximum absolute atomic E-state index is 13.8. The molecule has 220 valence electrons. The van der Waals surface area contributed by atoms with Gasteiger partial charge in [0.05, 0.1) is 22.1 Å². The van der Waals surface area contributed by atoms with Crippen LogP contribution in [0.5, 0.6) is 5.75 Å². The SMILES string of the molecule is CCOc1ccccc1N(CC(=O)Nc1ccc(S(=O)(=O)Nc2cccc(C)c2)cc1)S(=O)(=O)c1ccc(SC)cc1. The smallest absolute Gasteiger partial charge is 0.264 e. The fourth-order valence-electron chi connectivity index (χ4n) is 4.09. The van der Waals surface area contributed by atoms with Gasteiger partial charge in [0.25, 0.3) is 20.0 Å². The lowest BCUT2D eigenvalue weighted by atomic mass is 10.2. The molecule has 0 unspecified atom stereocenters. The van der Waals surface area contributed by atoms with Gasteiger partial charge in [-0.05, 0) is 98.5 Å². The van der Waals surface area contributed by atoms with Crippen molar-refractivity contribution in [1.82, 2.24) is 0 Å². The van der Waals surface area contributed by atoms with Crippen molar-refractivity contribution in [1.29, 1.82) is 0 Å². The van der Waals surface area contributed by atoms with Crippen LogP contribution in [0.25, 0.3) is 0 Å². The normalized spacial score (nSPS) is 11.5. The highest BCUT2D eigenvalue weighted by Gasteiger charge is 2.29. The first-order valence-electron chi connectivity index (χ1n) is 12.9.